The van der Waals surface area contributed by atoms with Gasteiger partial charge in [-0.2, -0.15) is 0 Å². The number of nitrogens with one attached hydrogen (secondary N) is 1. The SMILES string of the molecule is Cc1ccc2c(NC(=O)c3cc(-c4ccccc4)nc4ccccc34)ccnc2c1C. The van der Waals surface area contributed by atoms with Crippen molar-refractivity contribution < 1.29 is 4.79 Å². The molecule has 0 radical (unpaired) electrons. The molecule has 150 valence electrons. The van der Waals surface area contributed by atoms with E-state index in [4.69, 9.17) is 4.98 Å². The van der Waals surface area contributed by atoms with E-state index in [0.717, 1.165) is 44.3 Å². The normalized spacial score (nSPS) is 11.0. The minimum atomic E-state index is -0.165. The first kappa shape index (κ1) is 18.9. The van der Waals surface area contributed by atoms with Crippen LogP contribution in [0.2, 0.25) is 0 Å². The molecule has 0 atom stereocenters. The Bertz CT molecular complexity index is 1440. The molecule has 1 amide bonds. The van der Waals surface area contributed by atoms with Crippen molar-refractivity contribution >= 4 is 33.4 Å². The van der Waals surface area contributed by atoms with Gasteiger partial charge < -0.3 is 5.32 Å². The largest absolute Gasteiger partial charge is 0.321 e. The topological polar surface area (TPSA) is 54.9 Å². The molecule has 0 aliphatic heterocycles. The Morgan fingerprint density at radius 1 is 0.839 bits per heavy atom. The number of amides is 1. The van der Waals surface area contributed by atoms with E-state index in [1.807, 2.05) is 72.8 Å². The molecule has 0 fully saturated rings. The molecule has 3 aromatic carbocycles. The number of aryl methyl sites for hydroxylation is 2. The molecular formula is C27H21N3O. The third-order valence-electron chi connectivity index (χ3n) is 5.72. The third-order valence-corrected chi connectivity index (χ3v) is 5.72. The molecule has 0 bridgehead atoms. The minimum absolute atomic E-state index is 0.165. The molecule has 2 aromatic heterocycles. The summed E-state index contributed by atoms with van der Waals surface area (Å²) in [5, 5.41) is 4.87. The van der Waals surface area contributed by atoms with E-state index in [0.29, 0.717) is 5.56 Å². The molecule has 5 aromatic rings. The van der Waals surface area contributed by atoms with Crippen molar-refractivity contribution in [3.8, 4) is 11.3 Å². The number of carbonyl (C=O) groups is 1. The summed E-state index contributed by atoms with van der Waals surface area (Å²) in [7, 11) is 0. The van der Waals surface area contributed by atoms with Crippen LogP contribution >= 0.6 is 0 Å². The molecule has 0 saturated carbocycles. The van der Waals surface area contributed by atoms with Gasteiger partial charge in [-0.15, -0.1) is 0 Å². The van der Waals surface area contributed by atoms with Crippen LogP contribution < -0.4 is 5.32 Å². The predicted octanol–water partition coefficient (Wildman–Crippen LogP) is 6.32. The summed E-state index contributed by atoms with van der Waals surface area (Å²) in [5.41, 5.74) is 7.09. The molecule has 1 N–H and O–H groups in total. The quantitative estimate of drug-likeness (QED) is 0.383. The smallest absolute Gasteiger partial charge is 0.256 e. The summed E-state index contributed by atoms with van der Waals surface area (Å²) in [6.45, 7) is 4.12. The summed E-state index contributed by atoms with van der Waals surface area (Å²) in [6.07, 6.45) is 1.74. The maximum absolute atomic E-state index is 13.4. The van der Waals surface area contributed by atoms with Crippen LogP contribution in [0.3, 0.4) is 0 Å². The summed E-state index contributed by atoms with van der Waals surface area (Å²) in [6, 6.07) is 25.4. The number of carbonyl (C=O) groups excluding carboxylic acids is 1. The molecule has 4 heteroatoms. The molecule has 5 rings (SSSR count). The number of aromatic nitrogens is 2. The Morgan fingerprint density at radius 3 is 2.45 bits per heavy atom. The van der Waals surface area contributed by atoms with E-state index >= 15 is 0 Å². The van der Waals surface area contributed by atoms with E-state index < -0.39 is 0 Å². The van der Waals surface area contributed by atoms with Crippen molar-refractivity contribution in [1.29, 1.82) is 0 Å². The predicted molar refractivity (Wildman–Crippen MR) is 126 cm³/mol. The lowest BCUT2D eigenvalue weighted by atomic mass is 10.0. The van der Waals surface area contributed by atoms with Crippen LogP contribution in [-0.2, 0) is 0 Å². The highest BCUT2D eigenvalue weighted by Crippen LogP contribution is 2.29. The second-order valence-corrected chi connectivity index (χ2v) is 7.65. The number of benzene rings is 3. The summed E-state index contributed by atoms with van der Waals surface area (Å²) in [4.78, 5) is 22.7. The molecular weight excluding hydrogens is 382 g/mol. The molecule has 0 unspecified atom stereocenters. The highest BCUT2D eigenvalue weighted by atomic mass is 16.1. The summed E-state index contributed by atoms with van der Waals surface area (Å²) < 4.78 is 0. The number of anilines is 1. The summed E-state index contributed by atoms with van der Waals surface area (Å²) >= 11 is 0. The molecule has 31 heavy (non-hydrogen) atoms. The maximum atomic E-state index is 13.4. The lowest BCUT2D eigenvalue weighted by Gasteiger charge is -2.13. The summed E-state index contributed by atoms with van der Waals surface area (Å²) in [5.74, 6) is -0.165. The van der Waals surface area contributed by atoms with Gasteiger partial charge in [0.25, 0.3) is 5.91 Å². The van der Waals surface area contributed by atoms with Gasteiger partial charge in [0.05, 0.1) is 28.0 Å². The molecule has 0 saturated heterocycles. The van der Waals surface area contributed by atoms with Gasteiger partial charge in [0.1, 0.15) is 0 Å². The van der Waals surface area contributed by atoms with Crippen LogP contribution in [0.5, 0.6) is 0 Å². The van der Waals surface area contributed by atoms with E-state index in [-0.39, 0.29) is 5.91 Å². The van der Waals surface area contributed by atoms with Crippen molar-refractivity contribution in [2.24, 2.45) is 0 Å². The first-order valence-corrected chi connectivity index (χ1v) is 10.2. The first-order chi connectivity index (χ1) is 15.1. The Balaban J connectivity index is 1.62. The third kappa shape index (κ3) is 3.42. The second kappa shape index (κ2) is 7.65. The zero-order chi connectivity index (χ0) is 21.4. The average Bonchev–Trinajstić information content (AvgIpc) is 2.81. The standard InChI is InChI=1S/C27H21N3O/c1-17-12-13-21-24(14-15-28-26(21)18(17)2)30-27(31)22-16-25(19-8-4-3-5-9-19)29-23-11-7-6-10-20(22)23/h3-16H,1-2H3,(H,28,30,31). The van der Waals surface area contributed by atoms with Crippen molar-refractivity contribution in [2.75, 3.05) is 5.32 Å². The van der Waals surface area contributed by atoms with Crippen molar-refractivity contribution in [3.63, 3.8) is 0 Å². The minimum Gasteiger partial charge on any atom is -0.321 e. The first-order valence-electron chi connectivity index (χ1n) is 10.2. The van der Waals surface area contributed by atoms with Gasteiger partial charge in [-0.1, -0.05) is 60.7 Å². The number of rotatable bonds is 3. The van der Waals surface area contributed by atoms with Crippen molar-refractivity contribution in [3.05, 3.63) is 102 Å². The van der Waals surface area contributed by atoms with Gasteiger partial charge in [0.15, 0.2) is 0 Å². The van der Waals surface area contributed by atoms with E-state index in [1.165, 1.54) is 5.56 Å². The molecule has 0 aliphatic carbocycles. The van der Waals surface area contributed by atoms with Crippen LogP contribution in [0.25, 0.3) is 33.1 Å². The zero-order valence-electron chi connectivity index (χ0n) is 17.4. The fourth-order valence-corrected chi connectivity index (χ4v) is 3.88. The average molecular weight is 403 g/mol. The van der Waals surface area contributed by atoms with Crippen LogP contribution in [0.15, 0.2) is 85.1 Å². The maximum Gasteiger partial charge on any atom is 0.256 e. The van der Waals surface area contributed by atoms with Crippen LogP contribution in [0.4, 0.5) is 5.69 Å². The van der Waals surface area contributed by atoms with Gasteiger partial charge >= 0.3 is 0 Å². The Kier molecular flexibility index (Phi) is 4.68. The number of pyridine rings is 2. The number of para-hydroxylation sites is 1. The Labute approximate surface area is 180 Å². The fraction of sp³-hybridized carbons (Fsp3) is 0.0741. The van der Waals surface area contributed by atoms with Gasteiger partial charge in [-0.05, 0) is 43.2 Å². The number of hydrogen-bond acceptors (Lipinski definition) is 3. The second-order valence-electron chi connectivity index (χ2n) is 7.65. The Morgan fingerprint density at radius 2 is 1.61 bits per heavy atom. The molecule has 4 nitrogen and oxygen atoms in total. The molecule has 0 aliphatic rings. The van der Waals surface area contributed by atoms with E-state index in [1.54, 1.807) is 6.20 Å². The monoisotopic (exact) mass is 403 g/mol. The number of nitrogens with zero attached hydrogens (tertiary/aromatic N) is 2. The fourth-order valence-electron chi connectivity index (χ4n) is 3.88. The van der Waals surface area contributed by atoms with Crippen molar-refractivity contribution in [2.45, 2.75) is 13.8 Å². The van der Waals surface area contributed by atoms with Crippen LogP contribution in [0, 0.1) is 13.8 Å². The lowest BCUT2D eigenvalue weighted by Crippen LogP contribution is -2.13. The van der Waals surface area contributed by atoms with Crippen molar-refractivity contribution in [1.82, 2.24) is 9.97 Å². The van der Waals surface area contributed by atoms with Gasteiger partial charge in [-0.25, -0.2) is 4.98 Å². The zero-order valence-corrected chi connectivity index (χ0v) is 17.4. The number of hydrogen-bond donors (Lipinski definition) is 1. The van der Waals surface area contributed by atoms with E-state index in [9.17, 15) is 4.79 Å². The van der Waals surface area contributed by atoms with Crippen LogP contribution in [-0.4, -0.2) is 15.9 Å². The van der Waals surface area contributed by atoms with Gasteiger partial charge in [0, 0.05) is 22.5 Å². The van der Waals surface area contributed by atoms with Gasteiger partial charge in [-0.3, -0.25) is 9.78 Å². The number of fused-ring (bicyclic) bond motifs is 2. The molecule has 0 spiro atoms. The highest BCUT2D eigenvalue weighted by Gasteiger charge is 2.16. The molecule has 2 heterocycles. The highest BCUT2D eigenvalue weighted by molar-refractivity contribution is 6.15. The van der Waals surface area contributed by atoms with Gasteiger partial charge in [0.2, 0.25) is 0 Å². The lowest BCUT2D eigenvalue weighted by molar-refractivity contribution is 0.102. The van der Waals surface area contributed by atoms with E-state index in [2.05, 4.69) is 30.2 Å². The Hall–Kier alpha value is -4.05. The van der Waals surface area contributed by atoms with Crippen LogP contribution in [0.1, 0.15) is 21.5 Å².